The summed E-state index contributed by atoms with van der Waals surface area (Å²) in [6.45, 7) is 26.6. The maximum atomic E-state index is 13.3. The number of carbonyl (C=O) groups is 4. The molecule has 8 heteroatoms. The van der Waals surface area contributed by atoms with Crippen LogP contribution in [-0.4, -0.2) is 37.1 Å². The lowest BCUT2D eigenvalue weighted by Crippen LogP contribution is -2.17. The fraction of sp³-hybridized carbons (Fsp3) is 0.517. The number of ether oxygens (including phenoxy) is 4. The maximum absolute atomic E-state index is 13.3. The van der Waals surface area contributed by atoms with Crippen molar-refractivity contribution < 1.29 is 38.1 Å². The average Bonchev–Trinajstić information content (AvgIpc) is 3.76. The minimum Gasteiger partial charge on any atom is -0.462 e. The molecule has 0 bridgehead atoms. The van der Waals surface area contributed by atoms with Crippen LogP contribution in [0.1, 0.15) is 224 Å². The van der Waals surface area contributed by atoms with E-state index < -0.39 is 11.8 Å². The summed E-state index contributed by atoms with van der Waals surface area (Å²) in [5, 5.41) is 0. The summed E-state index contributed by atoms with van der Waals surface area (Å²) in [5.74, 6) is -1.04. The molecular formula is C58H74O8. The molecule has 0 spiro atoms. The van der Waals surface area contributed by atoms with Crippen LogP contribution in [0.25, 0.3) is 0 Å². The largest absolute Gasteiger partial charge is 0.462 e. The van der Waals surface area contributed by atoms with Gasteiger partial charge in [0, 0.05) is 22.3 Å². The van der Waals surface area contributed by atoms with Crippen LogP contribution in [0.4, 0.5) is 0 Å². The van der Waals surface area contributed by atoms with Crippen molar-refractivity contribution in [1.82, 2.24) is 0 Å². The van der Waals surface area contributed by atoms with Gasteiger partial charge in [-0.15, -0.1) is 0 Å². The lowest BCUT2D eigenvalue weighted by molar-refractivity contribution is -0.134. The zero-order valence-corrected chi connectivity index (χ0v) is 41.8. The van der Waals surface area contributed by atoms with Gasteiger partial charge < -0.3 is 18.9 Å². The fourth-order valence-corrected chi connectivity index (χ4v) is 8.88. The van der Waals surface area contributed by atoms with E-state index in [0.29, 0.717) is 35.8 Å². The summed E-state index contributed by atoms with van der Waals surface area (Å²) < 4.78 is 23.0. The molecule has 8 nitrogen and oxygen atoms in total. The van der Waals surface area contributed by atoms with Crippen molar-refractivity contribution in [3.05, 3.63) is 128 Å². The van der Waals surface area contributed by atoms with Gasteiger partial charge in [0.1, 0.15) is 23.3 Å². The topological polar surface area (TPSA) is 105 Å². The Balaban J connectivity index is 0.835. The molecule has 0 N–H and O–H groups in total. The van der Waals surface area contributed by atoms with Crippen LogP contribution >= 0.6 is 0 Å². The first kappa shape index (κ1) is 50.2. The number of unbranched alkanes of at least 4 members (excludes halogenated alkanes) is 9. The Hall–Kier alpha value is -5.24. The Morgan fingerprint density at radius 1 is 0.439 bits per heavy atom. The van der Waals surface area contributed by atoms with E-state index in [4.69, 9.17) is 18.9 Å². The van der Waals surface area contributed by atoms with Gasteiger partial charge in [-0.25, -0.2) is 9.59 Å². The van der Waals surface area contributed by atoms with Gasteiger partial charge in [-0.3, -0.25) is 9.59 Å². The molecule has 0 saturated carbocycles. The summed E-state index contributed by atoms with van der Waals surface area (Å²) in [4.78, 5) is 52.2. The fourth-order valence-electron chi connectivity index (χ4n) is 8.88. The molecule has 2 unspecified atom stereocenters. The minimum atomic E-state index is -0.540. The van der Waals surface area contributed by atoms with E-state index in [1.807, 2.05) is 24.3 Å². The monoisotopic (exact) mass is 899 g/mol. The Morgan fingerprint density at radius 3 is 1.03 bits per heavy atom. The van der Waals surface area contributed by atoms with Crippen LogP contribution in [0.15, 0.2) is 72.8 Å². The summed E-state index contributed by atoms with van der Waals surface area (Å²) in [6, 6.07) is 22.9. The molecule has 2 atom stereocenters. The van der Waals surface area contributed by atoms with Gasteiger partial charge in [0.15, 0.2) is 0 Å². The van der Waals surface area contributed by atoms with Crippen molar-refractivity contribution in [1.29, 1.82) is 0 Å². The zero-order valence-electron chi connectivity index (χ0n) is 41.8. The molecule has 0 saturated heterocycles. The first-order valence-corrected chi connectivity index (χ1v) is 24.3. The van der Waals surface area contributed by atoms with E-state index in [1.54, 1.807) is 24.3 Å². The van der Waals surface area contributed by atoms with Crippen molar-refractivity contribution in [2.45, 2.75) is 181 Å². The third-order valence-corrected chi connectivity index (χ3v) is 13.0. The zero-order chi connectivity index (χ0) is 48.2. The van der Waals surface area contributed by atoms with Gasteiger partial charge in [-0.1, -0.05) is 183 Å². The summed E-state index contributed by atoms with van der Waals surface area (Å²) in [5.41, 5.74) is 8.11. The lowest BCUT2D eigenvalue weighted by atomic mass is 9.77. The van der Waals surface area contributed by atoms with Gasteiger partial charge in [0.2, 0.25) is 0 Å². The van der Waals surface area contributed by atoms with Crippen LogP contribution in [-0.2, 0) is 40.7 Å². The lowest BCUT2D eigenvalue weighted by Gasteiger charge is -2.27. The van der Waals surface area contributed by atoms with Gasteiger partial charge in [0.05, 0.1) is 24.3 Å². The summed E-state index contributed by atoms with van der Waals surface area (Å²) in [7, 11) is 0. The first-order chi connectivity index (χ1) is 30.9. The Kier molecular flexibility index (Phi) is 15.5. The Morgan fingerprint density at radius 2 is 0.742 bits per heavy atom. The molecule has 354 valence electrons. The normalized spacial score (nSPS) is 16.1. The number of carbonyl (C=O) groups excluding carboxylic acids is 4. The van der Waals surface area contributed by atoms with Crippen LogP contribution in [0.2, 0.25) is 0 Å². The quantitative estimate of drug-likeness (QED) is 0.0586. The SMILES string of the molecule is CC(C)(C)c1cc2c(c(C(C)(C)C)c1)OC(=O)C2c1ccc(C(=O)OCCCCCCCCCCCCOC(=O)c2ccc(C3C(=O)Oc4c3cc(C(C)(C)C)cc4C(C)(C)C)cc2)cc1. The molecule has 0 aromatic heterocycles. The van der Waals surface area contributed by atoms with E-state index in [-0.39, 0.29) is 45.5 Å². The molecule has 0 radical (unpaired) electrons. The van der Waals surface area contributed by atoms with Crippen LogP contribution in [0.3, 0.4) is 0 Å². The van der Waals surface area contributed by atoms with Gasteiger partial charge in [0.25, 0.3) is 0 Å². The highest BCUT2D eigenvalue weighted by atomic mass is 16.6. The molecule has 6 rings (SSSR count). The molecule has 4 aromatic rings. The van der Waals surface area contributed by atoms with Gasteiger partial charge in [-0.05, 0) is 81.0 Å². The second-order valence-corrected chi connectivity index (χ2v) is 22.6. The van der Waals surface area contributed by atoms with Crippen molar-refractivity contribution in [3.8, 4) is 11.5 Å². The molecule has 0 amide bonds. The smallest absolute Gasteiger partial charge is 0.338 e. The van der Waals surface area contributed by atoms with E-state index >= 15 is 0 Å². The summed E-state index contributed by atoms with van der Waals surface area (Å²) in [6.07, 6.45) is 10.5. The van der Waals surface area contributed by atoms with Gasteiger partial charge >= 0.3 is 23.9 Å². The highest BCUT2D eigenvalue weighted by molar-refractivity contribution is 5.93. The Labute approximate surface area is 394 Å². The second kappa shape index (κ2) is 20.3. The third kappa shape index (κ3) is 12.0. The molecule has 2 heterocycles. The van der Waals surface area contributed by atoms with Crippen molar-refractivity contribution in [2.24, 2.45) is 0 Å². The van der Waals surface area contributed by atoms with Crippen molar-refractivity contribution >= 4 is 23.9 Å². The number of esters is 4. The van der Waals surface area contributed by atoms with Crippen LogP contribution in [0, 0.1) is 0 Å². The third-order valence-electron chi connectivity index (χ3n) is 13.0. The van der Waals surface area contributed by atoms with Gasteiger partial charge in [-0.2, -0.15) is 0 Å². The Bertz CT molecular complexity index is 2210. The number of hydrogen-bond donors (Lipinski definition) is 0. The van der Waals surface area contributed by atoms with Crippen molar-refractivity contribution in [2.75, 3.05) is 13.2 Å². The second-order valence-electron chi connectivity index (χ2n) is 22.6. The first-order valence-electron chi connectivity index (χ1n) is 24.3. The van der Waals surface area contributed by atoms with Crippen molar-refractivity contribution in [3.63, 3.8) is 0 Å². The van der Waals surface area contributed by atoms with Crippen LogP contribution < -0.4 is 9.47 Å². The molecule has 2 aliphatic heterocycles. The number of benzene rings is 4. The maximum Gasteiger partial charge on any atom is 0.338 e. The predicted octanol–water partition coefficient (Wildman–Crippen LogP) is 13.9. The molecule has 0 fully saturated rings. The van der Waals surface area contributed by atoms with Crippen LogP contribution in [0.5, 0.6) is 11.5 Å². The minimum absolute atomic E-state index is 0.0946. The highest BCUT2D eigenvalue weighted by Gasteiger charge is 2.41. The standard InChI is InChI=1S/C58H74O8/c1-55(2,3)41-33-43-47(53(61)65-49(43)45(35-41)57(7,8)9)37-23-27-39(28-24-37)51(59)63-31-21-19-17-15-13-14-16-18-20-22-32-64-52(60)40-29-25-38(26-30-40)48-44-34-42(56(4,5)6)36-46(58(10,11)12)50(44)66-54(48)62/h23-30,33-36,47-48H,13-22,31-32H2,1-12H3. The predicted molar refractivity (Wildman–Crippen MR) is 262 cm³/mol. The number of fused-ring (bicyclic) bond motifs is 2. The molecule has 66 heavy (non-hydrogen) atoms. The molecule has 2 aliphatic rings. The number of hydrogen-bond acceptors (Lipinski definition) is 8. The number of rotatable bonds is 17. The summed E-state index contributed by atoms with van der Waals surface area (Å²) >= 11 is 0. The highest BCUT2D eigenvalue weighted by Crippen LogP contribution is 2.49. The molecular weight excluding hydrogens is 825 g/mol. The molecule has 4 aromatic carbocycles. The van der Waals surface area contributed by atoms with E-state index in [0.717, 1.165) is 95.9 Å². The van der Waals surface area contributed by atoms with E-state index in [1.165, 1.54) is 12.8 Å². The van der Waals surface area contributed by atoms with E-state index in [2.05, 4.69) is 107 Å². The molecule has 0 aliphatic carbocycles. The van der Waals surface area contributed by atoms with E-state index in [9.17, 15) is 19.2 Å². The average molecular weight is 899 g/mol.